The third kappa shape index (κ3) is 6.85. The van der Waals surface area contributed by atoms with Gasteiger partial charge >= 0.3 is 0 Å². The van der Waals surface area contributed by atoms with Gasteiger partial charge in [-0.25, -0.2) is 0 Å². The fourth-order valence-corrected chi connectivity index (χ4v) is 14.9. The van der Waals surface area contributed by atoms with E-state index in [1.54, 1.807) is 0 Å². The van der Waals surface area contributed by atoms with E-state index in [0.717, 1.165) is 62.6 Å². The Balaban J connectivity index is 1.01. The van der Waals surface area contributed by atoms with E-state index in [4.69, 9.17) is 9.47 Å². The number of rotatable bonds is 8. The second-order valence-corrected chi connectivity index (χ2v) is 23.2. The van der Waals surface area contributed by atoms with Gasteiger partial charge in [-0.05, 0) is 209 Å². The molecular formula is C78H50B2N2O2. The second-order valence-electron chi connectivity index (χ2n) is 23.2. The lowest BCUT2D eigenvalue weighted by atomic mass is 9.31. The van der Waals surface area contributed by atoms with E-state index >= 15 is 0 Å². The zero-order valence-electron chi connectivity index (χ0n) is 46.3. The molecule has 0 bridgehead atoms. The number of anilines is 6. The highest BCUT2D eigenvalue weighted by Crippen LogP contribution is 2.53. The topological polar surface area (TPSA) is 24.9 Å². The summed E-state index contributed by atoms with van der Waals surface area (Å²) in [5.41, 5.74) is 25.7. The van der Waals surface area contributed by atoms with Gasteiger partial charge in [0.1, 0.15) is 23.0 Å². The fraction of sp³-hybridized carbons (Fsp3) is 0.0256. The second kappa shape index (κ2) is 18.0. The van der Waals surface area contributed by atoms with Crippen molar-refractivity contribution in [1.82, 2.24) is 0 Å². The molecule has 0 aromatic heterocycles. The van der Waals surface area contributed by atoms with Gasteiger partial charge in [0.2, 0.25) is 0 Å². The van der Waals surface area contributed by atoms with Crippen LogP contribution >= 0.6 is 0 Å². The first-order valence-electron chi connectivity index (χ1n) is 29.2. The van der Waals surface area contributed by atoms with Gasteiger partial charge in [-0.3, -0.25) is 0 Å². The molecule has 4 nitrogen and oxygen atoms in total. The molecule has 0 radical (unpaired) electrons. The largest absolute Gasteiger partial charge is 0.458 e. The molecule has 18 rings (SSSR count). The van der Waals surface area contributed by atoms with Crippen molar-refractivity contribution in [3.63, 3.8) is 0 Å². The summed E-state index contributed by atoms with van der Waals surface area (Å²) in [4.78, 5) is 4.72. The Morgan fingerprint density at radius 1 is 0.262 bits per heavy atom. The van der Waals surface area contributed by atoms with E-state index in [1.165, 1.54) is 115 Å². The molecule has 0 aliphatic carbocycles. The Kier molecular flexibility index (Phi) is 10.1. The fourth-order valence-electron chi connectivity index (χ4n) is 14.9. The molecule has 84 heavy (non-hydrogen) atoms. The molecule has 4 aliphatic heterocycles. The van der Waals surface area contributed by atoms with Crippen molar-refractivity contribution in [2.75, 3.05) is 9.80 Å². The smallest absolute Gasteiger partial charge is 0.252 e. The van der Waals surface area contributed by atoms with Gasteiger partial charge in [0.25, 0.3) is 13.4 Å². The maximum absolute atomic E-state index is 7.61. The van der Waals surface area contributed by atoms with Crippen molar-refractivity contribution in [1.29, 1.82) is 0 Å². The third-order valence-electron chi connectivity index (χ3n) is 18.3. The van der Waals surface area contributed by atoms with Gasteiger partial charge in [0.05, 0.1) is 5.69 Å². The predicted molar refractivity (Wildman–Crippen MR) is 353 cm³/mol. The highest BCUT2D eigenvalue weighted by atomic mass is 16.5. The molecule has 0 spiro atoms. The van der Waals surface area contributed by atoms with Crippen LogP contribution < -0.4 is 52.1 Å². The SMILES string of the molecule is Cc1ccc2c(c1)Oc1cc(C)cc3c1B2c1cc2c(-c4ccccc4)cc4c5c(cc6c(-c7ccccc7)cc-3c1c6c25)B1c2ccc(N(c3ccccc3)c3ccccc3)cc2Oc2cc(N(c3ccccc3)c3ccccc3)cc-4c21. The highest BCUT2D eigenvalue weighted by molar-refractivity contribution is 7.01. The number of hydrogen-bond donors (Lipinski definition) is 0. The number of fused-ring (bicyclic) bond motifs is 8. The summed E-state index contributed by atoms with van der Waals surface area (Å²) in [6.07, 6.45) is 0. The number of hydrogen-bond acceptors (Lipinski definition) is 4. The zero-order chi connectivity index (χ0) is 55.3. The first kappa shape index (κ1) is 47.1. The Labute approximate surface area is 488 Å². The molecule has 4 aliphatic rings. The third-order valence-corrected chi connectivity index (χ3v) is 18.3. The Morgan fingerprint density at radius 3 is 1.14 bits per heavy atom. The molecule has 0 N–H and O–H groups in total. The van der Waals surface area contributed by atoms with Crippen molar-refractivity contribution < 1.29 is 9.47 Å². The Bertz CT molecular complexity index is 4960. The molecule has 6 heteroatoms. The van der Waals surface area contributed by atoms with E-state index in [1.807, 2.05) is 0 Å². The molecule has 0 saturated heterocycles. The monoisotopic (exact) mass is 1070 g/mol. The van der Waals surface area contributed by atoms with Crippen LogP contribution in [0.2, 0.25) is 0 Å². The van der Waals surface area contributed by atoms with Crippen molar-refractivity contribution in [3.05, 3.63) is 278 Å². The molecule has 0 atom stereocenters. The lowest BCUT2D eigenvalue weighted by Gasteiger charge is -2.38. The average molecular weight is 1070 g/mol. The van der Waals surface area contributed by atoms with E-state index in [9.17, 15) is 0 Å². The van der Waals surface area contributed by atoms with E-state index in [0.29, 0.717) is 0 Å². The molecule has 14 aromatic rings. The number of ether oxygens (including phenoxy) is 2. The van der Waals surface area contributed by atoms with Gasteiger partial charge in [-0.15, -0.1) is 0 Å². The standard InChI is InChI=1S/C78H50B2N2O2/c1-47-33-35-65-69(38-47)83-71-39-48(2)37-63-59-43-57(49-21-9-3-10-22-49)61-46-68-74-60(44-58(50-23-11-4-12-24-50)62-45-67(79(65)77(63)71)73(59)75(61)76(62)74)64-40-56(82(53-29-17-7-18-30-53)54-31-19-8-20-32-54)42-72-78(64)80(68)66-36-34-55(41-70(66)84-72)81(51-25-13-5-14-26-51)52-27-15-6-16-28-52/h3-46H,1-2H3. The van der Waals surface area contributed by atoms with Crippen LogP contribution in [0.1, 0.15) is 11.1 Å². The van der Waals surface area contributed by atoms with E-state index in [-0.39, 0.29) is 13.4 Å². The molecule has 390 valence electrons. The van der Waals surface area contributed by atoms with E-state index < -0.39 is 0 Å². The number of aryl methyl sites for hydroxylation is 2. The minimum absolute atomic E-state index is 0.0481. The minimum Gasteiger partial charge on any atom is -0.458 e. The zero-order valence-corrected chi connectivity index (χ0v) is 46.3. The van der Waals surface area contributed by atoms with Gasteiger partial charge < -0.3 is 19.3 Å². The minimum atomic E-state index is -0.181. The Hall–Kier alpha value is -10.6. The van der Waals surface area contributed by atoms with Gasteiger partial charge in [0, 0.05) is 40.6 Å². The summed E-state index contributed by atoms with van der Waals surface area (Å²) >= 11 is 0. The van der Waals surface area contributed by atoms with Crippen molar-refractivity contribution in [2.45, 2.75) is 13.8 Å². The van der Waals surface area contributed by atoms with Crippen LogP contribution in [0.25, 0.3) is 76.8 Å². The lowest BCUT2D eigenvalue weighted by molar-refractivity contribution is 0.487. The van der Waals surface area contributed by atoms with Crippen molar-refractivity contribution >= 4 is 113 Å². The van der Waals surface area contributed by atoms with Gasteiger partial charge in [0.15, 0.2) is 0 Å². The summed E-state index contributed by atoms with van der Waals surface area (Å²) in [5, 5.41) is 7.72. The van der Waals surface area contributed by atoms with Gasteiger partial charge in [-0.2, -0.15) is 0 Å². The normalized spacial score (nSPS) is 12.8. The molecule has 0 amide bonds. The summed E-state index contributed by atoms with van der Waals surface area (Å²) < 4.78 is 14.6. The van der Waals surface area contributed by atoms with Crippen LogP contribution in [-0.4, -0.2) is 13.4 Å². The number of benzene rings is 14. The first-order valence-corrected chi connectivity index (χ1v) is 29.2. The summed E-state index contributed by atoms with van der Waals surface area (Å²) in [7, 11) is 0. The van der Waals surface area contributed by atoms with Crippen LogP contribution in [-0.2, 0) is 0 Å². The number of nitrogens with zero attached hydrogens (tertiary/aromatic N) is 2. The first-order chi connectivity index (χ1) is 41.5. The van der Waals surface area contributed by atoms with Crippen LogP contribution in [0, 0.1) is 13.8 Å². The van der Waals surface area contributed by atoms with E-state index in [2.05, 4.69) is 291 Å². The summed E-state index contributed by atoms with van der Waals surface area (Å²) in [6, 6.07) is 98.5. The highest BCUT2D eigenvalue weighted by Gasteiger charge is 2.45. The maximum atomic E-state index is 7.61. The summed E-state index contributed by atoms with van der Waals surface area (Å²) in [6.45, 7) is 4.15. The molecular weight excluding hydrogens is 1020 g/mol. The Morgan fingerprint density at radius 2 is 0.655 bits per heavy atom. The van der Waals surface area contributed by atoms with Crippen molar-refractivity contribution in [3.8, 4) is 67.5 Å². The predicted octanol–water partition coefficient (Wildman–Crippen LogP) is 16.7. The molecule has 4 heterocycles. The molecule has 0 saturated carbocycles. The van der Waals surface area contributed by atoms with Crippen LogP contribution in [0.15, 0.2) is 267 Å². The lowest BCUT2D eigenvalue weighted by Crippen LogP contribution is -2.58. The summed E-state index contributed by atoms with van der Waals surface area (Å²) in [5.74, 6) is 3.57. The quantitative estimate of drug-likeness (QED) is 0.112. The average Bonchev–Trinajstić information content (AvgIpc) is 0.757. The van der Waals surface area contributed by atoms with Gasteiger partial charge in [-0.1, -0.05) is 181 Å². The number of para-hydroxylation sites is 4. The molecule has 0 fully saturated rings. The van der Waals surface area contributed by atoms with Crippen LogP contribution in [0.3, 0.4) is 0 Å². The molecule has 0 unspecified atom stereocenters. The van der Waals surface area contributed by atoms with Crippen molar-refractivity contribution in [2.24, 2.45) is 0 Å². The molecule has 14 aromatic carbocycles. The maximum Gasteiger partial charge on any atom is 0.252 e. The van der Waals surface area contributed by atoms with Crippen LogP contribution in [0.5, 0.6) is 23.0 Å². The van der Waals surface area contributed by atoms with Crippen LogP contribution in [0.4, 0.5) is 34.1 Å².